The zero-order chi connectivity index (χ0) is 18.1. The van der Waals surface area contributed by atoms with E-state index in [2.05, 4.69) is 15.1 Å². The molecule has 1 aliphatic rings. The Morgan fingerprint density at radius 2 is 2.12 bits per heavy atom. The number of aliphatic hydroxyl groups is 1. The smallest absolute Gasteiger partial charge is 0.225 e. The van der Waals surface area contributed by atoms with Gasteiger partial charge < -0.3 is 14.5 Å². The number of anilines is 1. The molecule has 1 atom stereocenters. The van der Waals surface area contributed by atoms with Crippen LogP contribution in [0.3, 0.4) is 0 Å². The summed E-state index contributed by atoms with van der Waals surface area (Å²) in [7, 11) is 0. The summed E-state index contributed by atoms with van der Waals surface area (Å²) in [4.78, 5) is 15.8. The molecule has 0 aromatic carbocycles. The van der Waals surface area contributed by atoms with Crippen LogP contribution in [0.15, 0.2) is 35.1 Å². The molecule has 0 saturated carbocycles. The number of pyridine rings is 1. The van der Waals surface area contributed by atoms with E-state index in [-0.39, 0.29) is 6.10 Å². The zero-order valence-electron chi connectivity index (χ0n) is 14.9. The van der Waals surface area contributed by atoms with Gasteiger partial charge in [-0.05, 0) is 38.8 Å². The van der Waals surface area contributed by atoms with E-state index >= 15 is 0 Å². The van der Waals surface area contributed by atoms with Crippen molar-refractivity contribution in [2.45, 2.75) is 32.8 Å². The predicted molar refractivity (Wildman–Crippen MR) is 97.7 cm³/mol. The molecule has 1 fully saturated rings. The summed E-state index contributed by atoms with van der Waals surface area (Å²) < 4.78 is 5.45. The number of hydrogen-bond donors (Lipinski definition) is 1. The fraction of sp³-hybridized carbons (Fsp3) is 0.368. The third-order valence-electron chi connectivity index (χ3n) is 4.61. The first-order valence-electron chi connectivity index (χ1n) is 8.77. The molecule has 7 nitrogen and oxygen atoms in total. The summed E-state index contributed by atoms with van der Waals surface area (Å²) >= 11 is 0. The molecule has 1 aliphatic heterocycles. The highest BCUT2D eigenvalue weighted by Crippen LogP contribution is 2.33. The number of hydrogen-bond acceptors (Lipinski definition) is 7. The molecule has 3 aromatic heterocycles. The van der Waals surface area contributed by atoms with Gasteiger partial charge in [0.2, 0.25) is 5.95 Å². The van der Waals surface area contributed by atoms with Gasteiger partial charge in [0.05, 0.1) is 23.1 Å². The number of aromatic nitrogens is 4. The maximum Gasteiger partial charge on any atom is 0.225 e. The van der Waals surface area contributed by atoms with E-state index in [1.807, 2.05) is 36.9 Å². The molecule has 0 spiro atoms. The first-order valence-corrected chi connectivity index (χ1v) is 8.77. The van der Waals surface area contributed by atoms with E-state index in [1.54, 1.807) is 12.4 Å². The molecule has 1 saturated heterocycles. The van der Waals surface area contributed by atoms with Crippen LogP contribution in [0.1, 0.15) is 24.2 Å². The van der Waals surface area contributed by atoms with Crippen molar-refractivity contribution in [2.24, 2.45) is 0 Å². The Hall–Kier alpha value is -2.80. The van der Waals surface area contributed by atoms with Crippen LogP contribution in [-0.4, -0.2) is 44.4 Å². The Kier molecular flexibility index (Phi) is 4.38. The summed E-state index contributed by atoms with van der Waals surface area (Å²) in [6, 6.07) is 5.76. The largest absolute Gasteiger partial charge is 0.391 e. The quantitative estimate of drug-likeness (QED) is 0.776. The molecule has 26 heavy (non-hydrogen) atoms. The highest BCUT2D eigenvalue weighted by molar-refractivity contribution is 5.79. The number of piperidine rings is 1. The number of rotatable bonds is 3. The van der Waals surface area contributed by atoms with E-state index in [1.165, 1.54) is 0 Å². The molecule has 3 aromatic rings. The van der Waals surface area contributed by atoms with Crippen molar-refractivity contribution < 1.29 is 9.63 Å². The molecule has 0 bridgehead atoms. The lowest BCUT2D eigenvalue weighted by Gasteiger charge is -2.30. The molecule has 0 radical (unpaired) electrons. The van der Waals surface area contributed by atoms with Gasteiger partial charge in [0.1, 0.15) is 0 Å². The Balaban J connectivity index is 1.83. The van der Waals surface area contributed by atoms with Crippen LogP contribution in [-0.2, 0) is 0 Å². The van der Waals surface area contributed by atoms with Crippen LogP contribution in [0, 0.1) is 13.8 Å². The average molecular weight is 351 g/mol. The topological polar surface area (TPSA) is 88.2 Å². The number of nitrogens with zero attached hydrogens (tertiary/aromatic N) is 5. The first kappa shape index (κ1) is 16.7. The van der Waals surface area contributed by atoms with E-state index in [0.29, 0.717) is 18.3 Å². The Morgan fingerprint density at radius 3 is 2.85 bits per heavy atom. The van der Waals surface area contributed by atoms with Gasteiger partial charge in [-0.2, -0.15) is 0 Å². The van der Waals surface area contributed by atoms with Gasteiger partial charge >= 0.3 is 0 Å². The molecule has 7 heteroatoms. The van der Waals surface area contributed by atoms with E-state index in [9.17, 15) is 5.11 Å². The SMILES string of the molecule is Cc1cc(-c2cnc(N3CCC[C@H](O)C3)nc2-c2cccnc2C)on1. The number of aryl methyl sites for hydroxylation is 2. The van der Waals surface area contributed by atoms with Crippen molar-refractivity contribution in [1.29, 1.82) is 0 Å². The van der Waals surface area contributed by atoms with Gasteiger partial charge in [-0.25, -0.2) is 9.97 Å². The van der Waals surface area contributed by atoms with Crippen molar-refractivity contribution >= 4 is 5.95 Å². The lowest BCUT2D eigenvalue weighted by molar-refractivity contribution is 0.153. The third kappa shape index (κ3) is 3.17. The molecule has 0 amide bonds. The Labute approximate surface area is 151 Å². The molecule has 0 unspecified atom stereocenters. The van der Waals surface area contributed by atoms with Crippen LogP contribution < -0.4 is 4.90 Å². The van der Waals surface area contributed by atoms with E-state index < -0.39 is 0 Å². The Bertz CT molecular complexity index is 924. The first-order chi connectivity index (χ1) is 12.6. The van der Waals surface area contributed by atoms with Crippen LogP contribution in [0.25, 0.3) is 22.6 Å². The van der Waals surface area contributed by atoms with Crippen molar-refractivity contribution in [3.63, 3.8) is 0 Å². The van der Waals surface area contributed by atoms with Gasteiger partial charge in [0, 0.05) is 42.8 Å². The normalized spacial score (nSPS) is 17.5. The van der Waals surface area contributed by atoms with Crippen LogP contribution in [0.4, 0.5) is 5.95 Å². The van der Waals surface area contributed by atoms with Crippen molar-refractivity contribution in [3.8, 4) is 22.6 Å². The standard InChI is InChI=1S/C19H21N5O2/c1-12-9-17(26-23-12)16-10-21-19(24-8-4-5-14(25)11-24)22-18(16)15-6-3-7-20-13(15)2/h3,6-7,9-10,14,25H,4-5,8,11H2,1-2H3/t14-/m0/s1. The van der Waals surface area contributed by atoms with Gasteiger partial charge in [0.15, 0.2) is 5.76 Å². The summed E-state index contributed by atoms with van der Waals surface area (Å²) in [5.74, 6) is 1.24. The van der Waals surface area contributed by atoms with Gasteiger partial charge in [-0.3, -0.25) is 4.98 Å². The molecule has 134 valence electrons. The molecule has 1 N–H and O–H groups in total. The van der Waals surface area contributed by atoms with E-state index in [0.717, 1.165) is 47.6 Å². The highest BCUT2D eigenvalue weighted by Gasteiger charge is 2.23. The van der Waals surface area contributed by atoms with Crippen molar-refractivity contribution in [1.82, 2.24) is 20.1 Å². The second-order valence-electron chi connectivity index (χ2n) is 6.64. The fourth-order valence-electron chi connectivity index (χ4n) is 3.27. The minimum atomic E-state index is -0.340. The maximum atomic E-state index is 9.98. The Morgan fingerprint density at radius 1 is 1.23 bits per heavy atom. The molecule has 4 heterocycles. The third-order valence-corrected chi connectivity index (χ3v) is 4.61. The second kappa shape index (κ2) is 6.84. The summed E-state index contributed by atoms with van der Waals surface area (Å²) in [5.41, 5.74) is 4.16. The minimum Gasteiger partial charge on any atom is -0.391 e. The van der Waals surface area contributed by atoms with Gasteiger partial charge in [-0.15, -0.1) is 0 Å². The van der Waals surface area contributed by atoms with Crippen molar-refractivity contribution in [3.05, 3.63) is 42.0 Å². The summed E-state index contributed by atoms with van der Waals surface area (Å²) in [6.07, 6.45) is 4.94. The molecule has 4 rings (SSSR count). The second-order valence-corrected chi connectivity index (χ2v) is 6.64. The fourth-order valence-corrected chi connectivity index (χ4v) is 3.27. The number of aliphatic hydroxyl groups excluding tert-OH is 1. The molecular formula is C19H21N5O2. The lowest BCUT2D eigenvalue weighted by atomic mass is 10.0. The lowest BCUT2D eigenvalue weighted by Crippen LogP contribution is -2.39. The van der Waals surface area contributed by atoms with E-state index in [4.69, 9.17) is 9.51 Å². The highest BCUT2D eigenvalue weighted by atomic mass is 16.5. The van der Waals surface area contributed by atoms with Gasteiger partial charge in [-0.1, -0.05) is 5.16 Å². The minimum absolute atomic E-state index is 0.340. The predicted octanol–water partition coefficient (Wildman–Crippen LogP) is 2.77. The summed E-state index contributed by atoms with van der Waals surface area (Å²) in [5, 5.41) is 14.0. The van der Waals surface area contributed by atoms with Crippen LogP contribution in [0.5, 0.6) is 0 Å². The average Bonchev–Trinajstić information content (AvgIpc) is 3.08. The van der Waals surface area contributed by atoms with Crippen LogP contribution in [0.2, 0.25) is 0 Å². The van der Waals surface area contributed by atoms with Crippen LogP contribution >= 0.6 is 0 Å². The monoisotopic (exact) mass is 351 g/mol. The summed E-state index contributed by atoms with van der Waals surface area (Å²) in [6.45, 7) is 5.22. The van der Waals surface area contributed by atoms with Gasteiger partial charge in [0.25, 0.3) is 0 Å². The van der Waals surface area contributed by atoms with Crippen molar-refractivity contribution in [2.75, 3.05) is 18.0 Å². The molecular weight excluding hydrogens is 330 g/mol. The zero-order valence-corrected chi connectivity index (χ0v) is 14.9. The number of β-amino-alcohol motifs (C(OH)–C–C–N with tert-alkyl or cyclic N) is 1. The maximum absolute atomic E-state index is 9.98. The molecule has 0 aliphatic carbocycles.